The number of rotatable bonds is 6. The third kappa shape index (κ3) is 4.14. The zero-order chi connectivity index (χ0) is 21.1. The van der Waals surface area contributed by atoms with Crippen molar-refractivity contribution in [1.29, 1.82) is 0 Å². The molecular formula is C26H28N2OS. The van der Waals surface area contributed by atoms with Crippen molar-refractivity contribution in [2.24, 2.45) is 0 Å². The second kappa shape index (κ2) is 9.04. The molecule has 30 heavy (non-hydrogen) atoms. The SMILES string of the molecule is CC#Cc1cc(-c2ncc(-c3cccc4c3CCC4NCC)s2)ccc1OC(C)C. The van der Waals surface area contributed by atoms with Crippen LogP contribution in [0, 0.1) is 11.8 Å². The lowest BCUT2D eigenvalue weighted by Gasteiger charge is -2.13. The van der Waals surface area contributed by atoms with Crippen LogP contribution in [0.2, 0.25) is 0 Å². The lowest BCUT2D eigenvalue weighted by molar-refractivity contribution is 0.242. The second-order valence-electron chi connectivity index (χ2n) is 7.80. The molecule has 1 aromatic heterocycles. The van der Waals surface area contributed by atoms with Crippen molar-refractivity contribution in [3.05, 3.63) is 59.3 Å². The normalized spacial score (nSPS) is 15.0. The molecule has 3 aromatic rings. The van der Waals surface area contributed by atoms with E-state index in [0.29, 0.717) is 6.04 Å². The summed E-state index contributed by atoms with van der Waals surface area (Å²) in [6, 6.07) is 13.3. The molecule has 1 N–H and O–H groups in total. The standard InChI is InChI=1S/C26H28N2OS/c1-5-8-18-15-19(11-14-24(18)29-17(3)4)26-28-16-25(30-26)22-10-7-9-21-20(22)12-13-23(21)27-6-2/h7,9-11,14-17,23,27H,6,12-13H2,1-4H3. The lowest BCUT2D eigenvalue weighted by atomic mass is 10.0. The Bertz CT molecular complexity index is 1100. The van der Waals surface area contributed by atoms with E-state index in [-0.39, 0.29) is 6.10 Å². The van der Waals surface area contributed by atoms with Gasteiger partial charge in [0.2, 0.25) is 0 Å². The van der Waals surface area contributed by atoms with E-state index in [4.69, 9.17) is 9.72 Å². The zero-order valence-electron chi connectivity index (χ0n) is 18.1. The minimum atomic E-state index is 0.117. The smallest absolute Gasteiger partial charge is 0.135 e. The first-order chi connectivity index (χ1) is 14.6. The van der Waals surface area contributed by atoms with Gasteiger partial charge in [-0.3, -0.25) is 0 Å². The van der Waals surface area contributed by atoms with E-state index in [9.17, 15) is 0 Å². The molecule has 4 rings (SSSR count). The average molecular weight is 417 g/mol. The Hall–Kier alpha value is -2.61. The van der Waals surface area contributed by atoms with Crippen molar-refractivity contribution in [2.45, 2.75) is 52.7 Å². The van der Waals surface area contributed by atoms with Crippen LogP contribution in [0.3, 0.4) is 0 Å². The van der Waals surface area contributed by atoms with Crippen LogP contribution in [0.15, 0.2) is 42.6 Å². The van der Waals surface area contributed by atoms with Gasteiger partial charge in [-0.2, -0.15) is 0 Å². The maximum Gasteiger partial charge on any atom is 0.135 e. The molecule has 0 bridgehead atoms. The maximum atomic E-state index is 5.92. The van der Waals surface area contributed by atoms with Gasteiger partial charge in [-0.05, 0) is 75.0 Å². The predicted molar refractivity (Wildman–Crippen MR) is 126 cm³/mol. The molecule has 154 valence electrons. The van der Waals surface area contributed by atoms with Crippen LogP contribution in [-0.4, -0.2) is 17.6 Å². The molecule has 0 radical (unpaired) electrons. The third-order valence-corrected chi connectivity index (χ3v) is 6.42. The number of fused-ring (bicyclic) bond motifs is 1. The van der Waals surface area contributed by atoms with E-state index >= 15 is 0 Å². The fourth-order valence-corrected chi connectivity index (χ4v) is 5.09. The van der Waals surface area contributed by atoms with Crippen LogP contribution in [-0.2, 0) is 6.42 Å². The summed E-state index contributed by atoms with van der Waals surface area (Å²) >= 11 is 1.75. The monoisotopic (exact) mass is 416 g/mol. The number of ether oxygens (including phenoxy) is 1. The van der Waals surface area contributed by atoms with Crippen LogP contribution >= 0.6 is 11.3 Å². The van der Waals surface area contributed by atoms with Crippen LogP contribution in [0.1, 0.15) is 56.8 Å². The molecule has 3 nitrogen and oxygen atoms in total. The first kappa shape index (κ1) is 20.7. The summed E-state index contributed by atoms with van der Waals surface area (Å²) in [5, 5.41) is 4.62. The van der Waals surface area contributed by atoms with Gasteiger partial charge < -0.3 is 10.1 Å². The van der Waals surface area contributed by atoms with E-state index in [1.54, 1.807) is 11.3 Å². The van der Waals surface area contributed by atoms with Gasteiger partial charge in [0.15, 0.2) is 0 Å². The quantitative estimate of drug-likeness (QED) is 0.484. The van der Waals surface area contributed by atoms with Crippen LogP contribution in [0.25, 0.3) is 21.0 Å². The molecule has 0 saturated carbocycles. The molecule has 0 aliphatic heterocycles. The summed E-state index contributed by atoms with van der Waals surface area (Å²) in [4.78, 5) is 5.98. The van der Waals surface area contributed by atoms with Gasteiger partial charge in [0.25, 0.3) is 0 Å². The molecule has 1 atom stereocenters. The fraction of sp³-hybridized carbons (Fsp3) is 0.346. The van der Waals surface area contributed by atoms with E-state index in [1.807, 2.05) is 33.0 Å². The molecule has 0 saturated heterocycles. The fourth-order valence-electron chi connectivity index (χ4n) is 4.13. The van der Waals surface area contributed by atoms with Gasteiger partial charge >= 0.3 is 0 Å². The van der Waals surface area contributed by atoms with Crippen molar-refractivity contribution in [3.8, 4) is 38.6 Å². The molecule has 0 amide bonds. The second-order valence-corrected chi connectivity index (χ2v) is 8.84. The summed E-state index contributed by atoms with van der Waals surface area (Å²) in [7, 11) is 0. The highest BCUT2D eigenvalue weighted by atomic mass is 32.1. The Balaban J connectivity index is 1.67. The van der Waals surface area contributed by atoms with E-state index in [2.05, 4.69) is 54.4 Å². The van der Waals surface area contributed by atoms with Crippen molar-refractivity contribution in [3.63, 3.8) is 0 Å². The van der Waals surface area contributed by atoms with Gasteiger partial charge in [0.1, 0.15) is 10.8 Å². The molecule has 1 unspecified atom stereocenters. The van der Waals surface area contributed by atoms with Crippen LogP contribution in [0.5, 0.6) is 5.75 Å². The highest BCUT2D eigenvalue weighted by Crippen LogP contribution is 2.41. The number of benzene rings is 2. The number of hydrogen-bond acceptors (Lipinski definition) is 4. The summed E-state index contributed by atoms with van der Waals surface area (Å²) in [6.07, 6.45) is 4.42. The summed E-state index contributed by atoms with van der Waals surface area (Å²) in [5.74, 6) is 7.00. The molecule has 4 heteroatoms. The maximum absolute atomic E-state index is 5.92. The lowest BCUT2D eigenvalue weighted by Crippen LogP contribution is -2.18. The van der Waals surface area contributed by atoms with E-state index < -0.39 is 0 Å². The van der Waals surface area contributed by atoms with Crippen LogP contribution < -0.4 is 10.1 Å². The number of nitrogens with one attached hydrogen (secondary N) is 1. The average Bonchev–Trinajstić information content (AvgIpc) is 3.37. The molecule has 1 aliphatic carbocycles. The van der Waals surface area contributed by atoms with Crippen molar-refractivity contribution >= 4 is 11.3 Å². The molecular weight excluding hydrogens is 388 g/mol. The van der Waals surface area contributed by atoms with Gasteiger partial charge in [-0.1, -0.05) is 31.0 Å². The molecule has 2 aromatic carbocycles. The minimum Gasteiger partial charge on any atom is -0.490 e. The van der Waals surface area contributed by atoms with Crippen LogP contribution in [0.4, 0.5) is 0 Å². The van der Waals surface area contributed by atoms with E-state index in [0.717, 1.165) is 34.8 Å². The van der Waals surface area contributed by atoms with Gasteiger partial charge in [-0.25, -0.2) is 4.98 Å². The van der Waals surface area contributed by atoms with Crippen molar-refractivity contribution in [1.82, 2.24) is 10.3 Å². The molecule has 1 heterocycles. The Labute approximate surface area is 183 Å². The number of nitrogens with zero attached hydrogens (tertiary/aromatic N) is 1. The van der Waals surface area contributed by atoms with Gasteiger partial charge in [-0.15, -0.1) is 17.3 Å². The summed E-state index contributed by atoms with van der Waals surface area (Å²) < 4.78 is 5.92. The van der Waals surface area contributed by atoms with Gasteiger partial charge in [0, 0.05) is 17.8 Å². The molecule has 1 aliphatic rings. The van der Waals surface area contributed by atoms with Crippen molar-refractivity contribution < 1.29 is 4.74 Å². The molecule has 0 spiro atoms. The Morgan fingerprint density at radius 2 is 2.13 bits per heavy atom. The largest absolute Gasteiger partial charge is 0.490 e. The number of thiazole rings is 1. The Kier molecular flexibility index (Phi) is 6.22. The highest BCUT2D eigenvalue weighted by molar-refractivity contribution is 7.18. The number of hydrogen-bond donors (Lipinski definition) is 1. The first-order valence-corrected chi connectivity index (χ1v) is 11.5. The summed E-state index contributed by atoms with van der Waals surface area (Å²) in [5.41, 5.74) is 6.23. The Morgan fingerprint density at radius 1 is 1.27 bits per heavy atom. The van der Waals surface area contributed by atoms with E-state index in [1.165, 1.54) is 28.0 Å². The first-order valence-electron chi connectivity index (χ1n) is 10.7. The third-order valence-electron chi connectivity index (χ3n) is 5.34. The predicted octanol–water partition coefficient (Wildman–Crippen LogP) is 6.23. The molecule has 0 fully saturated rings. The Morgan fingerprint density at radius 3 is 2.90 bits per heavy atom. The van der Waals surface area contributed by atoms with Gasteiger partial charge in [0.05, 0.1) is 16.5 Å². The zero-order valence-corrected chi connectivity index (χ0v) is 18.9. The summed E-state index contributed by atoms with van der Waals surface area (Å²) in [6.45, 7) is 9.08. The minimum absolute atomic E-state index is 0.117. The topological polar surface area (TPSA) is 34.2 Å². The van der Waals surface area contributed by atoms with Crippen molar-refractivity contribution in [2.75, 3.05) is 6.54 Å². The number of aromatic nitrogens is 1. The highest BCUT2D eigenvalue weighted by Gasteiger charge is 2.24.